The zero-order valence-corrected chi connectivity index (χ0v) is 19.5. The molecule has 2 aromatic rings. The number of ether oxygens (including phenoxy) is 2. The van der Waals surface area contributed by atoms with Gasteiger partial charge in [0.2, 0.25) is 0 Å². The van der Waals surface area contributed by atoms with Crippen LogP contribution in [0.3, 0.4) is 0 Å². The van der Waals surface area contributed by atoms with Gasteiger partial charge in [-0.3, -0.25) is 9.69 Å². The number of nitrogens with one attached hydrogen (secondary N) is 1. The lowest BCUT2D eigenvalue weighted by molar-refractivity contribution is 0.0591. The predicted octanol–water partition coefficient (Wildman–Crippen LogP) is 2.99. The van der Waals surface area contributed by atoms with Crippen LogP contribution >= 0.6 is 0 Å². The number of carbonyl (C=O) groups is 3. The van der Waals surface area contributed by atoms with Gasteiger partial charge in [0.15, 0.2) is 5.78 Å². The van der Waals surface area contributed by atoms with Crippen LogP contribution in [0.25, 0.3) is 0 Å². The molecule has 2 heterocycles. The number of ketones is 1. The first-order valence-electron chi connectivity index (χ1n) is 10.7. The third kappa shape index (κ3) is 4.41. The van der Waals surface area contributed by atoms with E-state index < -0.39 is 5.97 Å². The molecule has 2 atom stereocenters. The molecule has 32 heavy (non-hydrogen) atoms. The maximum atomic E-state index is 13.3. The number of anilines is 1. The molecule has 0 aliphatic carbocycles. The number of hydrogen-bond acceptors (Lipinski definition) is 7. The number of carbonyl (C=O) groups excluding carboxylic acids is 3. The highest BCUT2D eigenvalue weighted by molar-refractivity contribution is 6.03. The summed E-state index contributed by atoms with van der Waals surface area (Å²) in [6, 6.07) is 7.17. The zero-order chi connectivity index (χ0) is 23.6. The summed E-state index contributed by atoms with van der Waals surface area (Å²) in [5, 5.41) is 0. The van der Waals surface area contributed by atoms with Crippen molar-refractivity contribution in [2.24, 2.45) is 0 Å². The molecule has 1 aromatic carbocycles. The van der Waals surface area contributed by atoms with E-state index in [2.05, 4.69) is 21.7 Å². The van der Waals surface area contributed by atoms with Crippen molar-refractivity contribution in [3.63, 3.8) is 0 Å². The highest BCUT2D eigenvalue weighted by Crippen LogP contribution is 2.25. The first-order valence-corrected chi connectivity index (χ1v) is 10.7. The van der Waals surface area contributed by atoms with Crippen LogP contribution in [0.5, 0.6) is 0 Å². The average Bonchev–Trinajstić information content (AvgIpc) is 3.10. The fourth-order valence-corrected chi connectivity index (χ4v) is 4.47. The Bertz CT molecular complexity index is 1010. The molecule has 8 heteroatoms. The molecular weight excluding hydrogens is 410 g/mol. The average molecular weight is 442 g/mol. The molecule has 3 rings (SSSR count). The second-order valence-corrected chi connectivity index (χ2v) is 8.23. The van der Waals surface area contributed by atoms with Crippen molar-refractivity contribution in [1.29, 1.82) is 0 Å². The number of methoxy groups -OCH3 is 2. The fourth-order valence-electron chi connectivity index (χ4n) is 4.47. The largest absolute Gasteiger partial charge is 0.465 e. The Hall–Kier alpha value is -3.13. The molecule has 1 aromatic heterocycles. The van der Waals surface area contributed by atoms with Gasteiger partial charge in [0.25, 0.3) is 0 Å². The molecule has 0 amide bonds. The predicted molar refractivity (Wildman–Crippen MR) is 122 cm³/mol. The monoisotopic (exact) mass is 441 g/mol. The molecular formula is C24H31N3O5. The van der Waals surface area contributed by atoms with Crippen LogP contribution < -0.4 is 4.90 Å². The molecule has 0 spiro atoms. The Balaban J connectivity index is 1.71. The minimum atomic E-state index is -0.442. The highest BCUT2D eigenvalue weighted by atomic mass is 16.5. The van der Waals surface area contributed by atoms with Crippen LogP contribution in [0.15, 0.2) is 24.3 Å². The van der Waals surface area contributed by atoms with E-state index in [0.29, 0.717) is 28.1 Å². The van der Waals surface area contributed by atoms with Gasteiger partial charge in [-0.2, -0.15) is 0 Å². The normalized spacial score (nSPS) is 17.7. The minimum absolute atomic E-state index is 0.0384. The van der Waals surface area contributed by atoms with E-state index >= 15 is 0 Å². The minimum Gasteiger partial charge on any atom is -0.465 e. The van der Waals surface area contributed by atoms with Gasteiger partial charge in [0.05, 0.1) is 37.1 Å². The van der Waals surface area contributed by atoms with E-state index in [1.165, 1.54) is 14.2 Å². The molecule has 1 aliphatic heterocycles. The fraction of sp³-hybridized carbons (Fsp3) is 0.458. The van der Waals surface area contributed by atoms with Crippen molar-refractivity contribution in [2.75, 3.05) is 38.8 Å². The van der Waals surface area contributed by atoms with Crippen LogP contribution in [0.4, 0.5) is 5.69 Å². The second-order valence-electron chi connectivity index (χ2n) is 8.23. The molecule has 1 fully saturated rings. The van der Waals surface area contributed by atoms with Crippen LogP contribution in [0, 0.1) is 13.8 Å². The first kappa shape index (κ1) is 23.5. The molecule has 8 nitrogen and oxygen atoms in total. The zero-order valence-electron chi connectivity index (χ0n) is 19.5. The summed E-state index contributed by atoms with van der Waals surface area (Å²) in [6.45, 7) is 9.79. The van der Waals surface area contributed by atoms with Crippen LogP contribution in [0.2, 0.25) is 0 Å². The Morgan fingerprint density at radius 1 is 1.03 bits per heavy atom. The number of aromatic amines is 1. The van der Waals surface area contributed by atoms with Gasteiger partial charge in [0.1, 0.15) is 0 Å². The Morgan fingerprint density at radius 3 is 2.22 bits per heavy atom. The lowest BCUT2D eigenvalue weighted by atomic mass is 10.0. The summed E-state index contributed by atoms with van der Waals surface area (Å²) in [7, 11) is 2.70. The first-order chi connectivity index (χ1) is 15.2. The topological polar surface area (TPSA) is 91.9 Å². The number of aromatic nitrogens is 1. The van der Waals surface area contributed by atoms with E-state index in [-0.39, 0.29) is 23.8 Å². The summed E-state index contributed by atoms with van der Waals surface area (Å²) in [5.41, 5.74) is 3.70. The number of hydrogen-bond donors (Lipinski definition) is 1. The number of benzene rings is 1. The quantitative estimate of drug-likeness (QED) is 0.544. The SMILES string of the molecule is COC(=O)c1ccc(N2CCN(C(C)C(=O)c3[nH]c(C)c(C(=O)OC)c3C)C(C)C2)cc1. The smallest absolute Gasteiger partial charge is 0.339 e. The second kappa shape index (κ2) is 9.56. The van der Waals surface area contributed by atoms with E-state index in [1.807, 2.05) is 19.1 Å². The number of aryl methyl sites for hydroxylation is 1. The Kier molecular flexibility index (Phi) is 7.03. The van der Waals surface area contributed by atoms with Gasteiger partial charge in [0, 0.05) is 37.1 Å². The molecule has 0 radical (unpaired) electrons. The van der Waals surface area contributed by atoms with Crippen molar-refractivity contribution >= 4 is 23.4 Å². The van der Waals surface area contributed by atoms with E-state index in [9.17, 15) is 14.4 Å². The summed E-state index contributed by atoms with van der Waals surface area (Å²) >= 11 is 0. The van der Waals surface area contributed by atoms with Gasteiger partial charge in [-0.15, -0.1) is 0 Å². The van der Waals surface area contributed by atoms with Crippen LogP contribution in [-0.4, -0.2) is 73.5 Å². The standard InChI is InChI=1S/C24H31N3O5/c1-14-13-26(19-9-7-18(8-10-19)23(29)31-5)11-12-27(14)17(4)22(28)21-15(2)20(16(3)25-21)24(30)32-6/h7-10,14,17,25H,11-13H2,1-6H3. The molecule has 2 unspecified atom stereocenters. The highest BCUT2D eigenvalue weighted by Gasteiger charge is 2.33. The van der Waals surface area contributed by atoms with Gasteiger partial charge < -0.3 is 19.4 Å². The molecule has 172 valence electrons. The van der Waals surface area contributed by atoms with Crippen LogP contribution in [-0.2, 0) is 9.47 Å². The number of Topliss-reactive ketones (excluding diaryl/α,β-unsaturated/α-hetero) is 1. The van der Waals surface area contributed by atoms with Gasteiger partial charge in [-0.25, -0.2) is 9.59 Å². The summed E-state index contributed by atoms with van der Waals surface area (Å²) in [6.07, 6.45) is 0. The third-order valence-electron chi connectivity index (χ3n) is 6.28. The Morgan fingerprint density at radius 2 is 1.66 bits per heavy atom. The van der Waals surface area contributed by atoms with E-state index in [1.54, 1.807) is 26.0 Å². The van der Waals surface area contributed by atoms with Crippen molar-refractivity contribution < 1.29 is 23.9 Å². The van der Waals surface area contributed by atoms with Crippen molar-refractivity contribution in [3.05, 3.63) is 52.3 Å². The lowest BCUT2D eigenvalue weighted by Crippen LogP contribution is -2.56. The maximum absolute atomic E-state index is 13.3. The molecule has 0 saturated carbocycles. The number of rotatable bonds is 6. The summed E-state index contributed by atoms with van der Waals surface area (Å²) in [5.74, 6) is -0.834. The number of esters is 2. The molecule has 1 saturated heterocycles. The number of H-pyrrole nitrogens is 1. The van der Waals surface area contributed by atoms with Gasteiger partial charge in [-0.05, 0) is 57.5 Å². The molecule has 1 aliphatic rings. The Labute approximate surface area is 188 Å². The van der Waals surface area contributed by atoms with E-state index in [0.717, 1.165) is 25.3 Å². The number of piperazine rings is 1. The summed E-state index contributed by atoms with van der Waals surface area (Å²) < 4.78 is 9.61. The van der Waals surface area contributed by atoms with Crippen molar-refractivity contribution in [2.45, 2.75) is 39.8 Å². The lowest BCUT2D eigenvalue weighted by Gasteiger charge is -2.43. The third-order valence-corrected chi connectivity index (χ3v) is 6.28. The maximum Gasteiger partial charge on any atom is 0.339 e. The van der Waals surface area contributed by atoms with E-state index in [4.69, 9.17) is 9.47 Å². The van der Waals surface area contributed by atoms with Gasteiger partial charge in [-0.1, -0.05) is 0 Å². The number of nitrogens with zero attached hydrogens (tertiary/aromatic N) is 2. The van der Waals surface area contributed by atoms with Gasteiger partial charge >= 0.3 is 11.9 Å². The van der Waals surface area contributed by atoms with Crippen molar-refractivity contribution in [1.82, 2.24) is 9.88 Å². The molecule has 1 N–H and O–H groups in total. The summed E-state index contributed by atoms with van der Waals surface area (Å²) in [4.78, 5) is 44.5. The van der Waals surface area contributed by atoms with Crippen molar-refractivity contribution in [3.8, 4) is 0 Å². The van der Waals surface area contributed by atoms with Crippen LogP contribution in [0.1, 0.15) is 56.3 Å². The molecule has 0 bridgehead atoms.